The molecule has 100 valence electrons. The zero-order valence-electron chi connectivity index (χ0n) is 10.4. The smallest absolute Gasteiger partial charge is 0.149 e. The van der Waals surface area contributed by atoms with Crippen LogP contribution in [0.1, 0.15) is 0 Å². The lowest BCUT2D eigenvalue weighted by molar-refractivity contribution is 0.586. The first-order chi connectivity index (χ1) is 9.65. The summed E-state index contributed by atoms with van der Waals surface area (Å²) in [6.07, 6.45) is 3.29. The number of benzene rings is 2. The molecule has 0 saturated heterocycles. The van der Waals surface area contributed by atoms with Crippen LogP contribution in [-0.2, 0) is 0 Å². The van der Waals surface area contributed by atoms with E-state index in [0.29, 0.717) is 11.4 Å². The standard InChI is InChI=1S/C15H11F2N3/c16-9-1-3-15(12(17)7-9)20-14-4-2-13(18)10-5-6-19-8-11(10)14/h1-8,20H,18H2. The number of hydrogen-bond acceptors (Lipinski definition) is 3. The molecule has 0 saturated carbocycles. The van der Waals surface area contributed by atoms with Crippen LogP contribution in [0.25, 0.3) is 10.8 Å². The zero-order chi connectivity index (χ0) is 14.1. The molecule has 0 bridgehead atoms. The third-order valence-electron chi connectivity index (χ3n) is 3.05. The van der Waals surface area contributed by atoms with E-state index in [2.05, 4.69) is 10.3 Å². The first kappa shape index (κ1) is 12.3. The average Bonchev–Trinajstić information content (AvgIpc) is 2.45. The van der Waals surface area contributed by atoms with Crippen molar-refractivity contribution < 1.29 is 8.78 Å². The fourth-order valence-corrected chi connectivity index (χ4v) is 2.06. The van der Waals surface area contributed by atoms with Gasteiger partial charge >= 0.3 is 0 Å². The van der Waals surface area contributed by atoms with Crippen molar-refractivity contribution in [2.75, 3.05) is 11.1 Å². The van der Waals surface area contributed by atoms with Crippen LogP contribution >= 0.6 is 0 Å². The second kappa shape index (κ2) is 4.77. The summed E-state index contributed by atoms with van der Waals surface area (Å²) in [5.74, 6) is -1.27. The van der Waals surface area contributed by atoms with Crippen LogP contribution in [0.15, 0.2) is 48.8 Å². The maximum Gasteiger partial charge on any atom is 0.149 e. The minimum absolute atomic E-state index is 0.196. The number of rotatable bonds is 2. The van der Waals surface area contributed by atoms with E-state index in [1.807, 2.05) is 0 Å². The van der Waals surface area contributed by atoms with Gasteiger partial charge in [-0.1, -0.05) is 0 Å². The van der Waals surface area contributed by atoms with Crippen molar-refractivity contribution in [1.82, 2.24) is 4.98 Å². The minimum Gasteiger partial charge on any atom is -0.398 e. The quantitative estimate of drug-likeness (QED) is 0.696. The largest absolute Gasteiger partial charge is 0.398 e. The molecule has 0 aliphatic rings. The van der Waals surface area contributed by atoms with Crippen molar-refractivity contribution in [3.05, 3.63) is 60.4 Å². The lowest BCUT2D eigenvalue weighted by atomic mass is 10.1. The van der Waals surface area contributed by atoms with Crippen LogP contribution in [0.2, 0.25) is 0 Å². The lowest BCUT2D eigenvalue weighted by Gasteiger charge is -2.11. The minimum atomic E-state index is -0.654. The molecule has 0 fully saturated rings. The molecule has 3 aromatic rings. The molecule has 0 unspecified atom stereocenters. The van der Waals surface area contributed by atoms with Gasteiger partial charge in [0.1, 0.15) is 11.6 Å². The predicted molar refractivity (Wildman–Crippen MR) is 75.8 cm³/mol. The topological polar surface area (TPSA) is 50.9 Å². The van der Waals surface area contributed by atoms with Crippen molar-refractivity contribution in [3.63, 3.8) is 0 Å². The molecule has 0 atom stereocenters. The highest BCUT2D eigenvalue weighted by Crippen LogP contribution is 2.30. The maximum atomic E-state index is 13.7. The summed E-state index contributed by atoms with van der Waals surface area (Å²) in [6.45, 7) is 0. The second-order valence-corrected chi connectivity index (χ2v) is 4.37. The van der Waals surface area contributed by atoms with Gasteiger partial charge in [-0.3, -0.25) is 4.98 Å². The lowest BCUT2D eigenvalue weighted by Crippen LogP contribution is -1.97. The molecule has 3 N–H and O–H groups in total. The Hall–Kier alpha value is -2.69. The van der Waals surface area contributed by atoms with Gasteiger partial charge in [0, 0.05) is 40.6 Å². The summed E-state index contributed by atoms with van der Waals surface area (Å²) < 4.78 is 26.6. The number of nitrogens with two attached hydrogens (primary N) is 1. The Labute approximate surface area is 114 Å². The highest BCUT2D eigenvalue weighted by atomic mass is 19.1. The fourth-order valence-electron chi connectivity index (χ4n) is 2.06. The van der Waals surface area contributed by atoms with E-state index in [4.69, 9.17) is 5.73 Å². The SMILES string of the molecule is Nc1ccc(Nc2ccc(F)cc2F)c2cnccc12. The fraction of sp³-hybridized carbons (Fsp3) is 0. The Morgan fingerprint density at radius 1 is 0.950 bits per heavy atom. The van der Waals surface area contributed by atoms with Gasteiger partial charge in [-0.05, 0) is 30.3 Å². The Morgan fingerprint density at radius 2 is 1.75 bits per heavy atom. The maximum absolute atomic E-state index is 13.7. The molecule has 0 spiro atoms. The number of nitrogen functional groups attached to an aromatic ring is 1. The Balaban J connectivity index is 2.09. The van der Waals surface area contributed by atoms with Crippen LogP contribution in [0.5, 0.6) is 0 Å². The molecule has 0 radical (unpaired) electrons. The highest BCUT2D eigenvalue weighted by molar-refractivity contribution is 6.01. The van der Waals surface area contributed by atoms with Gasteiger partial charge in [-0.15, -0.1) is 0 Å². The molecule has 0 aliphatic heterocycles. The van der Waals surface area contributed by atoms with Crippen molar-refractivity contribution >= 4 is 27.8 Å². The molecule has 0 aliphatic carbocycles. The van der Waals surface area contributed by atoms with Gasteiger partial charge in [-0.2, -0.15) is 0 Å². The molecular formula is C15H11F2N3. The summed E-state index contributed by atoms with van der Waals surface area (Å²) in [6, 6.07) is 8.64. The van der Waals surface area contributed by atoms with Crippen molar-refractivity contribution in [2.24, 2.45) is 0 Å². The summed E-state index contributed by atoms with van der Waals surface area (Å²) in [4.78, 5) is 4.04. The Morgan fingerprint density at radius 3 is 2.55 bits per heavy atom. The normalized spacial score (nSPS) is 10.7. The van der Waals surface area contributed by atoms with Gasteiger partial charge in [0.05, 0.1) is 5.69 Å². The van der Waals surface area contributed by atoms with Gasteiger partial charge in [0.15, 0.2) is 0 Å². The molecule has 1 aromatic heterocycles. The summed E-state index contributed by atoms with van der Waals surface area (Å²) in [5, 5.41) is 4.53. The third-order valence-corrected chi connectivity index (χ3v) is 3.05. The predicted octanol–water partition coefficient (Wildman–Crippen LogP) is 3.84. The van der Waals surface area contributed by atoms with Crippen LogP contribution in [0, 0.1) is 11.6 Å². The average molecular weight is 271 g/mol. The summed E-state index contributed by atoms with van der Waals surface area (Å²) in [7, 11) is 0. The first-order valence-electron chi connectivity index (χ1n) is 5.99. The summed E-state index contributed by atoms with van der Waals surface area (Å²) >= 11 is 0. The monoisotopic (exact) mass is 271 g/mol. The number of fused-ring (bicyclic) bond motifs is 1. The van der Waals surface area contributed by atoms with Crippen LogP contribution in [0.4, 0.5) is 25.8 Å². The molecule has 1 heterocycles. The Bertz CT molecular complexity index is 787. The van der Waals surface area contributed by atoms with E-state index in [1.165, 1.54) is 12.1 Å². The molecule has 5 heteroatoms. The van der Waals surface area contributed by atoms with Crippen LogP contribution in [0.3, 0.4) is 0 Å². The molecule has 3 rings (SSSR count). The second-order valence-electron chi connectivity index (χ2n) is 4.37. The van der Waals surface area contributed by atoms with Gasteiger partial charge in [0.2, 0.25) is 0 Å². The summed E-state index contributed by atoms with van der Waals surface area (Å²) in [5.41, 5.74) is 7.36. The van der Waals surface area contributed by atoms with E-state index >= 15 is 0 Å². The highest BCUT2D eigenvalue weighted by Gasteiger charge is 2.08. The van der Waals surface area contributed by atoms with Crippen molar-refractivity contribution in [2.45, 2.75) is 0 Å². The van der Waals surface area contributed by atoms with Crippen molar-refractivity contribution in [1.29, 1.82) is 0 Å². The van der Waals surface area contributed by atoms with E-state index in [-0.39, 0.29) is 5.69 Å². The third kappa shape index (κ3) is 2.14. The van der Waals surface area contributed by atoms with E-state index in [1.54, 1.807) is 30.6 Å². The molecule has 20 heavy (non-hydrogen) atoms. The van der Waals surface area contributed by atoms with Gasteiger partial charge < -0.3 is 11.1 Å². The number of halogens is 2. The number of nitrogens with zero attached hydrogens (tertiary/aromatic N) is 1. The Kier molecular flexibility index (Phi) is 2.95. The number of nitrogens with one attached hydrogen (secondary N) is 1. The van der Waals surface area contributed by atoms with E-state index in [9.17, 15) is 8.78 Å². The number of hydrogen-bond donors (Lipinski definition) is 2. The van der Waals surface area contributed by atoms with E-state index < -0.39 is 11.6 Å². The number of aromatic nitrogens is 1. The molecule has 0 amide bonds. The van der Waals surface area contributed by atoms with Crippen LogP contribution < -0.4 is 11.1 Å². The van der Waals surface area contributed by atoms with Crippen molar-refractivity contribution in [3.8, 4) is 0 Å². The zero-order valence-corrected chi connectivity index (χ0v) is 10.4. The molecular weight excluding hydrogens is 260 g/mol. The van der Waals surface area contributed by atoms with Gasteiger partial charge in [0.25, 0.3) is 0 Å². The van der Waals surface area contributed by atoms with Crippen LogP contribution in [-0.4, -0.2) is 4.98 Å². The van der Waals surface area contributed by atoms with E-state index in [0.717, 1.165) is 16.8 Å². The first-order valence-corrected chi connectivity index (χ1v) is 5.99. The number of anilines is 3. The molecule has 3 nitrogen and oxygen atoms in total. The molecule has 2 aromatic carbocycles. The van der Waals surface area contributed by atoms with Gasteiger partial charge in [-0.25, -0.2) is 8.78 Å². The number of pyridine rings is 1.